The molecule has 0 fully saturated rings. The molecule has 0 unspecified atom stereocenters. The van der Waals surface area contributed by atoms with Crippen molar-refractivity contribution >= 4 is 33.3 Å². The minimum absolute atomic E-state index is 0.332. The molecular weight excluding hydrogens is 300 g/mol. The Bertz CT molecular complexity index is 424. The van der Waals surface area contributed by atoms with Gasteiger partial charge in [-0.15, -0.1) is 0 Å². The van der Waals surface area contributed by atoms with Crippen molar-refractivity contribution in [3.05, 3.63) is 22.2 Å². The molecule has 0 bridgehead atoms. The molecule has 0 radical (unpaired) electrons. The molecular formula is C12H17BrN2O3. The lowest BCUT2D eigenvalue weighted by Crippen LogP contribution is -2.13. The van der Waals surface area contributed by atoms with Gasteiger partial charge in [0.1, 0.15) is 0 Å². The SMILES string of the molecule is CCOCCNc1ccc(Br)c(C(=O)OC)c1N. The molecule has 0 aliphatic rings. The first-order valence-electron chi connectivity index (χ1n) is 5.59. The van der Waals surface area contributed by atoms with E-state index in [0.29, 0.717) is 41.2 Å². The van der Waals surface area contributed by atoms with E-state index in [1.807, 2.05) is 6.92 Å². The minimum Gasteiger partial charge on any atom is -0.465 e. The Labute approximate surface area is 115 Å². The van der Waals surface area contributed by atoms with Crippen molar-refractivity contribution in [2.24, 2.45) is 0 Å². The minimum atomic E-state index is -0.465. The molecule has 3 N–H and O–H groups in total. The Balaban J connectivity index is 2.84. The maximum Gasteiger partial charge on any atom is 0.341 e. The zero-order valence-electron chi connectivity index (χ0n) is 10.5. The summed E-state index contributed by atoms with van der Waals surface area (Å²) in [6.45, 7) is 3.81. The molecule has 0 heterocycles. The first-order chi connectivity index (χ1) is 8.61. The Morgan fingerprint density at radius 2 is 2.22 bits per heavy atom. The number of hydrogen-bond donors (Lipinski definition) is 2. The average Bonchev–Trinajstić information content (AvgIpc) is 2.36. The van der Waals surface area contributed by atoms with E-state index in [1.54, 1.807) is 12.1 Å². The molecule has 18 heavy (non-hydrogen) atoms. The van der Waals surface area contributed by atoms with Gasteiger partial charge in [0.2, 0.25) is 0 Å². The third kappa shape index (κ3) is 3.61. The predicted molar refractivity (Wildman–Crippen MR) is 74.9 cm³/mol. The monoisotopic (exact) mass is 316 g/mol. The van der Waals surface area contributed by atoms with Gasteiger partial charge in [-0.05, 0) is 35.0 Å². The van der Waals surface area contributed by atoms with E-state index in [0.717, 1.165) is 0 Å². The van der Waals surface area contributed by atoms with Gasteiger partial charge in [0.05, 0.1) is 30.7 Å². The quantitative estimate of drug-likeness (QED) is 0.478. The number of halogens is 1. The van der Waals surface area contributed by atoms with Crippen LogP contribution in [0.4, 0.5) is 11.4 Å². The van der Waals surface area contributed by atoms with E-state index in [-0.39, 0.29) is 0 Å². The van der Waals surface area contributed by atoms with E-state index < -0.39 is 5.97 Å². The summed E-state index contributed by atoms with van der Waals surface area (Å²) >= 11 is 3.28. The summed E-state index contributed by atoms with van der Waals surface area (Å²) in [5.74, 6) is -0.465. The van der Waals surface area contributed by atoms with E-state index in [1.165, 1.54) is 7.11 Å². The number of nitrogens with two attached hydrogens (primary N) is 1. The third-order valence-electron chi connectivity index (χ3n) is 2.35. The van der Waals surface area contributed by atoms with Gasteiger partial charge in [-0.25, -0.2) is 4.79 Å². The van der Waals surface area contributed by atoms with E-state index in [2.05, 4.69) is 21.2 Å². The number of methoxy groups -OCH3 is 1. The zero-order chi connectivity index (χ0) is 13.5. The number of benzene rings is 1. The Kier molecular flexibility index (Phi) is 5.94. The number of nitrogen functional groups attached to an aromatic ring is 1. The molecule has 0 atom stereocenters. The van der Waals surface area contributed by atoms with Gasteiger partial charge in [0.25, 0.3) is 0 Å². The standard InChI is InChI=1S/C12H17BrN2O3/c1-3-18-7-6-15-9-5-4-8(13)10(11(9)14)12(16)17-2/h4-5,15H,3,6-7,14H2,1-2H3. The van der Waals surface area contributed by atoms with Crippen LogP contribution in [-0.2, 0) is 9.47 Å². The molecule has 5 nitrogen and oxygen atoms in total. The second-order valence-corrected chi connectivity index (χ2v) is 4.35. The number of carbonyl (C=O) groups excluding carboxylic acids is 1. The Hall–Kier alpha value is -1.27. The van der Waals surface area contributed by atoms with Gasteiger partial charge >= 0.3 is 5.97 Å². The fourth-order valence-electron chi connectivity index (χ4n) is 1.46. The topological polar surface area (TPSA) is 73.6 Å². The number of nitrogens with one attached hydrogen (secondary N) is 1. The summed E-state index contributed by atoms with van der Waals surface area (Å²) in [5, 5.41) is 3.12. The maximum absolute atomic E-state index is 11.6. The van der Waals surface area contributed by atoms with Crippen LogP contribution in [0.2, 0.25) is 0 Å². The first-order valence-corrected chi connectivity index (χ1v) is 6.39. The summed E-state index contributed by atoms with van der Waals surface area (Å²) in [7, 11) is 1.32. The van der Waals surface area contributed by atoms with Crippen LogP contribution in [0.5, 0.6) is 0 Å². The van der Waals surface area contributed by atoms with Crippen molar-refractivity contribution < 1.29 is 14.3 Å². The molecule has 0 aromatic heterocycles. The Morgan fingerprint density at radius 3 is 2.83 bits per heavy atom. The number of ether oxygens (including phenoxy) is 2. The summed E-state index contributed by atoms with van der Waals surface area (Å²) in [6.07, 6.45) is 0. The average molecular weight is 317 g/mol. The lowest BCUT2D eigenvalue weighted by Gasteiger charge is -2.13. The molecule has 0 aliphatic carbocycles. The van der Waals surface area contributed by atoms with E-state index in [4.69, 9.17) is 15.2 Å². The molecule has 0 amide bonds. The van der Waals surface area contributed by atoms with Crippen LogP contribution >= 0.6 is 15.9 Å². The number of rotatable bonds is 6. The first kappa shape index (κ1) is 14.8. The van der Waals surface area contributed by atoms with Crippen LogP contribution in [0.3, 0.4) is 0 Å². The highest BCUT2D eigenvalue weighted by atomic mass is 79.9. The molecule has 1 rings (SSSR count). The van der Waals surface area contributed by atoms with Crippen LogP contribution in [0.25, 0.3) is 0 Å². The summed E-state index contributed by atoms with van der Waals surface area (Å²) in [6, 6.07) is 3.56. The van der Waals surface area contributed by atoms with Gasteiger partial charge in [0, 0.05) is 17.6 Å². The molecule has 0 saturated carbocycles. The lowest BCUT2D eigenvalue weighted by atomic mass is 10.1. The van der Waals surface area contributed by atoms with Crippen molar-refractivity contribution in [2.45, 2.75) is 6.92 Å². The Morgan fingerprint density at radius 1 is 1.50 bits per heavy atom. The van der Waals surface area contributed by atoms with Gasteiger partial charge in [-0.1, -0.05) is 0 Å². The highest BCUT2D eigenvalue weighted by Crippen LogP contribution is 2.30. The second kappa shape index (κ2) is 7.23. The van der Waals surface area contributed by atoms with Gasteiger partial charge in [-0.2, -0.15) is 0 Å². The predicted octanol–water partition coefficient (Wildman–Crippen LogP) is 2.27. The number of hydrogen-bond acceptors (Lipinski definition) is 5. The van der Waals surface area contributed by atoms with Crippen molar-refractivity contribution in [3.63, 3.8) is 0 Å². The maximum atomic E-state index is 11.6. The van der Waals surface area contributed by atoms with Crippen LogP contribution in [0, 0.1) is 0 Å². The van der Waals surface area contributed by atoms with Crippen LogP contribution in [0.15, 0.2) is 16.6 Å². The zero-order valence-corrected chi connectivity index (χ0v) is 12.0. The number of carbonyl (C=O) groups is 1. The molecule has 0 aliphatic heterocycles. The highest BCUT2D eigenvalue weighted by molar-refractivity contribution is 9.10. The number of esters is 1. The van der Waals surface area contributed by atoms with Gasteiger partial charge < -0.3 is 20.5 Å². The summed E-state index contributed by atoms with van der Waals surface area (Å²) in [4.78, 5) is 11.6. The lowest BCUT2D eigenvalue weighted by molar-refractivity contribution is 0.0601. The van der Waals surface area contributed by atoms with Crippen LogP contribution < -0.4 is 11.1 Å². The smallest absolute Gasteiger partial charge is 0.341 e. The normalized spacial score (nSPS) is 10.2. The van der Waals surface area contributed by atoms with E-state index >= 15 is 0 Å². The third-order valence-corrected chi connectivity index (χ3v) is 3.01. The van der Waals surface area contributed by atoms with Gasteiger partial charge in [0.15, 0.2) is 0 Å². The van der Waals surface area contributed by atoms with Crippen LogP contribution in [-0.4, -0.2) is 32.8 Å². The van der Waals surface area contributed by atoms with E-state index in [9.17, 15) is 4.79 Å². The van der Waals surface area contributed by atoms with Crippen LogP contribution in [0.1, 0.15) is 17.3 Å². The largest absolute Gasteiger partial charge is 0.465 e. The van der Waals surface area contributed by atoms with Crippen molar-refractivity contribution in [2.75, 3.05) is 37.9 Å². The van der Waals surface area contributed by atoms with Crippen molar-refractivity contribution in [1.82, 2.24) is 0 Å². The van der Waals surface area contributed by atoms with Gasteiger partial charge in [-0.3, -0.25) is 0 Å². The van der Waals surface area contributed by atoms with Crippen molar-refractivity contribution in [1.29, 1.82) is 0 Å². The highest BCUT2D eigenvalue weighted by Gasteiger charge is 2.16. The molecule has 100 valence electrons. The number of anilines is 2. The molecule has 1 aromatic rings. The fourth-order valence-corrected chi connectivity index (χ4v) is 1.97. The molecule has 0 spiro atoms. The van der Waals surface area contributed by atoms with Crippen molar-refractivity contribution in [3.8, 4) is 0 Å². The fraction of sp³-hybridized carbons (Fsp3) is 0.417. The molecule has 1 aromatic carbocycles. The summed E-state index contributed by atoms with van der Waals surface area (Å²) < 4.78 is 10.5. The molecule has 6 heteroatoms. The summed E-state index contributed by atoms with van der Waals surface area (Å²) in [5.41, 5.74) is 7.33. The molecule has 0 saturated heterocycles. The second-order valence-electron chi connectivity index (χ2n) is 3.50.